The zero-order valence-electron chi connectivity index (χ0n) is 14.1. The number of fused-ring (bicyclic) bond motifs is 1. The van der Waals surface area contributed by atoms with Crippen molar-refractivity contribution in [1.82, 2.24) is 15.0 Å². The molecule has 0 amide bonds. The first-order valence-corrected chi connectivity index (χ1v) is 8.57. The summed E-state index contributed by atoms with van der Waals surface area (Å²) in [4.78, 5) is 12.5. The van der Waals surface area contributed by atoms with Crippen LogP contribution >= 0.6 is 0 Å². The summed E-state index contributed by atoms with van der Waals surface area (Å²) < 4.78 is 54.2. The second-order valence-corrected chi connectivity index (χ2v) is 6.61. The van der Waals surface area contributed by atoms with E-state index in [4.69, 9.17) is 4.74 Å². The fraction of sp³-hybridized carbons (Fsp3) is 0.250. The minimum Gasteiger partial charge on any atom is -0.484 e. The number of rotatable bonds is 5. The van der Waals surface area contributed by atoms with Crippen molar-refractivity contribution < 1.29 is 51.7 Å². The van der Waals surface area contributed by atoms with Crippen LogP contribution in [0.3, 0.4) is 0 Å². The van der Waals surface area contributed by atoms with Crippen molar-refractivity contribution in [2.24, 2.45) is 0 Å². The van der Waals surface area contributed by atoms with E-state index >= 15 is 0 Å². The second kappa shape index (κ2) is 8.51. The molecule has 0 aliphatic heterocycles. The van der Waals surface area contributed by atoms with Crippen molar-refractivity contribution in [2.75, 3.05) is 6.61 Å². The van der Waals surface area contributed by atoms with E-state index in [1.54, 1.807) is 31.2 Å². The SMILES string of the molecule is Cc1c(OCC(F)(F)F)ccnc1C[S@@](=O)c1nc2ccccc2[n-]1.[Na+]. The van der Waals surface area contributed by atoms with Crippen molar-refractivity contribution >= 4 is 21.8 Å². The first-order valence-electron chi connectivity index (χ1n) is 7.25. The van der Waals surface area contributed by atoms with Gasteiger partial charge in [0.25, 0.3) is 0 Å². The third-order valence-electron chi connectivity index (χ3n) is 3.44. The first kappa shape index (κ1) is 20.9. The van der Waals surface area contributed by atoms with Gasteiger partial charge in [0.2, 0.25) is 0 Å². The predicted molar refractivity (Wildman–Crippen MR) is 85.7 cm³/mol. The van der Waals surface area contributed by atoms with Gasteiger partial charge in [-0.05, 0) is 24.0 Å². The molecule has 0 N–H and O–H groups in total. The summed E-state index contributed by atoms with van der Waals surface area (Å²) in [5, 5.41) is 0.170. The molecular weight excluding hydrogens is 378 g/mol. The molecule has 5 nitrogen and oxygen atoms in total. The molecule has 1 aromatic carbocycles. The van der Waals surface area contributed by atoms with Crippen molar-refractivity contribution in [3.05, 3.63) is 47.8 Å². The van der Waals surface area contributed by atoms with Crippen LogP contribution in [0, 0.1) is 6.92 Å². The van der Waals surface area contributed by atoms with Gasteiger partial charge in [0.05, 0.1) is 22.2 Å². The molecule has 132 valence electrons. The van der Waals surface area contributed by atoms with Crippen molar-refractivity contribution in [1.29, 1.82) is 0 Å². The molecule has 0 radical (unpaired) electrons. The Kier molecular flexibility index (Phi) is 6.84. The number of hydrogen-bond donors (Lipinski definition) is 0. The van der Waals surface area contributed by atoms with Gasteiger partial charge in [-0.1, -0.05) is 24.3 Å². The van der Waals surface area contributed by atoms with Crippen LogP contribution in [-0.2, 0) is 16.6 Å². The number of benzene rings is 1. The van der Waals surface area contributed by atoms with Crippen LogP contribution in [0.25, 0.3) is 11.0 Å². The predicted octanol–water partition coefficient (Wildman–Crippen LogP) is 0.148. The van der Waals surface area contributed by atoms with Gasteiger partial charge in [-0.25, -0.2) is 0 Å². The second-order valence-electron chi connectivity index (χ2n) is 5.27. The van der Waals surface area contributed by atoms with Gasteiger partial charge in [0.15, 0.2) is 6.61 Å². The summed E-state index contributed by atoms with van der Waals surface area (Å²) in [6, 6.07) is 8.48. The van der Waals surface area contributed by atoms with E-state index in [1.165, 1.54) is 12.3 Å². The molecule has 3 aromatic rings. The van der Waals surface area contributed by atoms with Gasteiger partial charge in [0, 0.05) is 16.9 Å². The van der Waals surface area contributed by atoms with E-state index in [2.05, 4.69) is 15.0 Å². The Morgan fingerprint density at radius 2 is 1.96 bits per heavy atom. The molecule has 10 heteroatoms. The molecule has 0 unspecified atom stereocenters. The smallest absolute Gasteiger partial charge is 0.484 e. The van der Waals surface area contributed by atoms with E-state index in [0.717, 1.165) is 0 Å². The Morgan fingerprint density at radius 3 is 2.65 bits per heavy atom. The van der Waals surface area contributed by atoms with Gasteiger partial charge in [-0.2, -0.15) is 13.2 Å². The maximum Gasteiger partial charge on any atom is 1.00 e. The fourth-order valence-electron chi connectivity index (χ4n) is 2.20. The molecule has 1 atom stereocenters. The topological polar surface area (TPSA) is 66.2 Å². The number of para-hydroxylation sites is 2. The van der Waals surface area contributed by atoms with E-state index in [-0.39, 0.29) is 46.2 Å². The molecule has 2 heterocycles. The van der Waals surface area contributed by atoms with Crippen LogP contribution in [0.15, 0.2) is 41.7 Å². The summed E-state index contributed by atoms with van der Waals surface area (Å²) in [6.45, 7) is 0.186. The molecule has 0 fully saturated rings. The van der Waals surface area contributed by atoms with Crippen molar-refractivity contribution in [3.8, 4) is 5.75 Å². The molecule has 0 saturated carbocycles. The Morgan fingerprint density at radius 1 is 1.23 bits per heavy atom. The standard InChI is InChI=1S/C16H13F3N3O2S.Na/c1-10-13(20-7-6-14(10)24-9-16(17,18)19)8-25(23)15-21-11-4-2-3-5-12(11)22-15;/h2-7H,8-9H2,1H3;/q-1;+1/t25-;/m1./s1. The fourth-order valence-corrected chi connectivity index (χ4v) is 3.26. The average molecular weight is 391 g/mol. The molecule has 26 heavy (non-hydrogen) atoms. The first-order chi connectivity index (χ1) is 11.8. The number of nitrogens with zero attached hydrogens (tertiary/aromatic N) is 3. The van der Waals surface area contributed by atoms with Crippen LogP contribution in [-0.4, -0.2) is 27.0 Å². The minimum atomic E-state index is -4.43. The zero-order valence-corrected chi connectivity index (χ0v) is 16.9. The maximum atomic E-state index is 12.5. The monoisotopic (exact) mass is 391 g/mol. The normalized spacial score (nSPS) is 12.6. The Hall–Kier alpha value is -1.42. The Bertz CT molecular complexity index is 897. The van der Waals surface area contributed by atoms with Gasteiger partial charge in [0.1, 0.15) is 5.75 Å². The van der Waals surface area contributed by atoms with Crippen LogP contribution in [0.2, 0.25) is 0 Å². The zero-order chi connectivity index (χ0) is 18.0. The van der Waals surface area contributed by atoms with E-state index < -0.39 is 23.6 Å². The number of pyridine rings is 1. The molecular formula is C16H13F3N3NaO2S. The molecule has 2 aromatic heterocycles. The van der Waals surface area contributed by atoms with E-state index in [0.29, 0.717) is 22.3 Å². The third-order valence-corrected chi connectivity index (χ3v) is 4.56. The largest absolute Gasteiger partial charge is 1.00 e. The van der Waals surface area contributed by atoms with Gasteiger partial charge in [-0.15, -0.1) is 0 Å². The molecule has 0 saturated heterocycles. The summed E-state index contributed by atoms with van der Waals surface area (Å²) in [7, 11) is -1.57. The van der Waals surface area contributed by atoms with Crippen LogP contribution in [0.5, 0.6) is 5.75 Å². The molecule has 0 aliphatic rings. The van der Waals surface area contributed by atoms with Crippen molar-refractivity contribution in [2.45, 2.75) is 24.0 Å². The van der Waals surface area contributed by atoms with Crippen molar-refractivity contribution in [3.63, 3.8) is 0 Å². The minimum absolute atomic E-state index is 0. The molecule has 3 rings (SSSR count). The summed E-state index contributed by atoms with van der Waals surface area (Å²) >= 11 is 0. The number of alkyl halides is 3. The molecule has 0 aliphatic carbocycles. The summed E-state index contributed by atoms with van der Waals surface area (Å²) in [5.41, 5.74) is 2.07. The average Bonchev–Trinajstić information content (AvgIpc) is 2.99. The number of ether oxygens (including phenoxy) is 1. The Balaban J connectivity index is 0.00000243. The van der Waals surface area contributed by atoms with Crippen LogP contribution in [0.1, 0.15) is 11.3 Å². The van der Waals surface area contributed by atoms with Crippen LogP contribution in [0.4, 0.5) is 13.2 Å². The number of aromatic nitrogens is 3. The van der Waals surface area contributed by atoms with Crippen LogP contribution < -0.4 is 39.3 Å². The quantitative estimate of drug-likeness (QED) is 0.580. The third kappa shape index (κ3) is 5.06. The van der Waals surface area contributed by atoms with Gasteiger partial charge in [-0.3, -0.25) is 9.19 Å². The summed E-state index contributed by atoms with van der Waals surface area (Å²) in [6.07, 6.45) is -3.10. The molecule has 0 spiro atoms. The van der Waals surface area contributed by atoms with Gasteiger partial charge >= 0.3 is 35.7 Å². The number of hydrogen-bond acceptors (Lipinski definition) is 4. The number of halogens is 3. The maximum absolute atomic E-state index is 12.5. The summed E-state index contributed by atoms with van der Waals surface area (Å²) in [5.74, 6) is 0.0543. The number of imidazole rings is 1. The van der Waals surface area contributed by atoms with E-state index in [1.807, 2.05) is 0 Å². The Labute approximate surface area is 172 Å². The van der Waals surface area contributed by atoms with Gasteiger partial charge < -0.3 is 14.7 Å². The van der Waals surface area contributed by atoms with E-state index in [9.17, 15) is 17.4 Å². The molecule has 0 bridgehead atoms.